The Morgan fingerprint density at radius 3 is 2.46 bits per heavy atom. The molecule has 9 heteroatoms. The summed E-state index contributed by atoms with van der Waals surface area (Å²) in [6, 6.07) is 15.2. The van der Waals surface area contributed by atoms with Crippen molar-refractivity contribution in [3.8, 4) is 11.5 Å². The zero-order valence-electron chi connectivity index (χ0n) is 20.5. The van der Waals surface area contributed by atoms with Crippen molar-refractivity contribution in [3.63, 3.8) is 0 Å². The van der Waals surface area contributed by atoms with Gasteiger partial charge in [-0.2, -0.15) is 11.8 Å². The number of nitrogens with zero attached hydrogens (tertiary/aromatic N) is 2. The van der Waals surface area contributed by atoms with E-state index in [4.69, 9.17) is 9.47 Å². The first kappa shape index (κ1) is 27.2. The van der Waals surface area contributed by atoms with E-state index in [1.165, 1.54) is 0 Å². The lowest BCUT2D eigenvalue weighted by Gasteiger charge is -2.44. The molecule has 35 heavy (non-hydrogen) atoms. The van der Waals surface area contributed by atoms with E-state index in [2.05, 4.69) is 23.7 Å². The topological polar surface area (TPSA) is 71.1 Å². The summed E-state index contributed by atoms with van der Waals surface area (Å²) in [6.07, 6.45) is 4.24. The number of hydrogen-bond acceptors (Lipinski definition) is 6. The molecule has 1 N–H and O–H groups in total. The molecule has 1 spiro atoms. The number of halogens is 1. The predicted molar refractivity (Wildman–Crippen MR) is 142 cm³/mol. The van der Waals surface area contributed by atoms with Gasteiger partial charge in [0.25, 0.3) is 5.91 Å². The van der Waals surface area contributed by atoms with Crippen molar-refractivity contribution in [2.75, 3.05) is 39.3 Å². The third kappa shape index (κ3) is 5.71. The molecule has 0 aromatic heterocycles. The average molecular weight is 520 g/mol. The number of ether oxygens (including phenoxy) is 2. The third-order valence-electron chi connectivity index (χ3n) is 6.83. The Morgan fingerprint density at radius 2 is 1.83 bits per heavy atom. The molecule has 2 heterocycles. The number of methoxy groups -OCH3 is 2. The molecule has 4 rings (SSSR count). The molecule has 2 aliphatic rings. The second-order valence-electron chi connectivity index (χ2n) is 8.78. The van der Waals surface area contributed by atoms with Gasteiger partial charge in [0, 0.05) is 38.5 Å². The van der Waals surface area contributed by atoms with Gasteiger partial charge in [-0.25, -0.2) is 0 Å². The summed E-state index contributed by atoms with van der Waals surface area (Å²) in [5.41, 5.74) is 1.20. The normalized spacial score (nSPS) is 18.9. The van der Waals surface area contributed by atoms with Crippen LogP contribution in [0.15, 0.2) is 48.5 Å². The molecule has 2 aliphatic heterocycles. The van der Waals surface area contributed by atoms with Crippen LogP contribution in [0, 0.1) is 0 Å². The van der Waals surface area contributed by atoms with Gasteiger partial charge in [0.2, 0.25) is 5.91 Å². The molecular formula is C26H34ClN3O4S. The van der Waals surface area contributed by atoms with Crippen molar-refractivity contribution < 1.29 is 19.1 Å². The number of rotatable bonds is 8. The highest BCUT2D eigenvalue weighted by atomic mass is 35.5. The highest BCUT2D eigenvalue weighted by molar-refractivity contribution is 7.98. The Balaban J connectivity index is 0.00000342. The highest BCUT2D eigenvalue weighted by Gasteiger charge is 2.51. The third-order valence-corrected chi connectivity index (χ3v) is 7.48. The van der Waals surface area contributed by atoms with Gasteiger partial charge in [0.1, 0.15) is 11.5 Å². The first-order chi connectivity index (χ1) is 16.5. The smallest absolute Gasteiger partial charge is 0.257 e. The van der Waals surface area contributed by atoms with E-state index in [1.807, 2.05) is 28.0 Å². The zero-order chi connectivity index (χ0) is 24.1. The SMILES string of the molecule is COc1ccc(C(=O)N2CCC3(CC2)N[C@@H](CCSC)C(=O)N3Cc2ccccc2)c(OC)c1.Cl. The summed E-state index contributed by atoms with van der Waals surface area (Å²) in [6.45, 7) is 1.70. The minimum atomic E-state index is -0.434. The van der Waals surface area contributed by atoms with Crippen molar-refractivity contribution in [1.29, 1.82) is 0 Å². The molecule has 2 aromatic carbocycles. The van der Waals surface area contributed by atoms with Gasteiger partial charge in [-0.15, -0.1) is 12.4 Å². The molecule has 7 nitrogen and oxygen atoms in total. The van der Waals surface area contributed by atoms with Crippen LogP contribution in [-0.2, 0) is 11.3 Å². The number of carbonyl (C=O) groups excluding carboxylic acids is 2. The first-order valence-electron chi connectivity index (χ1n) is 11.6. The summed E-state index contributed by atoms with van der Waals surface area (Å²) in [7, 11) is 3.14. The Labute approximate surface area is 217 Å². The highest BCUT2D eigenvalue weighted by Crippen LogP contribution is 2.36. The predicted octanol–water partition coefficient (Wildman–Crippen LogP) is 3.81. The molecule has 190 valence electrons. The van der Waals surface area contributed by atoms with Crippen LogP contribution < -0.4 is 14.8 Å². The van der Waals surface area contributed by atoms with E-state index >= 15 is 0 Å². The lowest BCUT2D eigenvalue weighted by Crippen LogP contribution is -2.59. The number of piperidine rings is 1. The average Bonchev–Trinajstić information content (AvgIpc) is 3.13. The van der Waals surface area contributed by atoms with E-state index in [0.29, 0.717) is 49.5 Å². The maximum Gasteiger partial charge on any atom is 0.257 e. The fraction of sp³-hybridized carbons (Fsp3) is 0.462. The first-order valence-corrected chi connectivity index (χ1v) is 13.0. The lowest BCUT2D eigenvalue weighted by atomic mass is 9.94. The van der Waals surface area contributed by atoms with E-state index in [9.17, 15) is 9.59 Å². The van der Waals surface area contributed by atoms with E-state index in [0.717, 1.165) is 17.7 Å². The molecule has 0 aliphatic carbocycles. The van der Waals surface area contributed by atoms with Crippen molar-refractivity contribution in [2.45, 2.75) is 37.5 Å². The summed E-state index contributed by atoms with van der Waals surface area (Å²) < 4.78 is 10.7. The summed E-state index contributed by atoms with van der Waals surface area (Å²) in [4.78, 5) is 30.6. The lowest BCUT2D eigenvalue weighted by molar-refractivity contribution is -0.134. The van der Waals surface area contributed by atoms with Crippen LogP contribution >= 0.6 is 24.2 Å². The van der Waals surface area contributed by atoms with Gasteiger partial charge in [-0.05, 0) is 36.1 Å². The van der Waals surface area contributed by atoms with E-state index < -0.39 is 5.66 Å². The molecule has 1 atom stereocenters. The molecule has 0 unspecified atom stereocenters. The van der Waals surface area contributed by atoms with Gasteiger partial charge in [-0.3, -0.25) is 14.9 Å². The molecule has 2 aromatic rings. The minimum absolute atomic E-state index is 0. The number of thioether (sulfide) groups is 1. The maximum absolute atomic E-state index is 13.4. The fourth-order valence-electron chi connectivity index (χ4n) is 4.93. The number of carbonyl (C=O) groups is 2. The van der Waals surface area contributed by atoms with Gasteiger partial charge >= 0.3 is 0 Å². The summed E-state index contributed by atoms with van der Waals surface area (Å²) >= 11 is 1.75. The molecule has 2 amide bonds. The quantitative estimate of drug-likeness (QED) is 0.572. The number of likely N-dealkylation sites (tertiary alicyclic amines) is 1. The number of nitrogens with one attached hydrogen (secondary N) is 1. The standard InChI is InChI=1S/C26H33N3O4S.ClH/c1-32-20-9-10-21(23(17-20)33-2)24(30)28-14-12-26(13-15-28)27-22(11-16-34-3)25(31)29(26)18-19-7-5-4-6-8-19;/h4-10,17,22,27H,11-16,18H2,1-3H3;1H/t22-;/m0./s1. The molecule has 2 fully saturated rings. The van der Waals surface area contributed by atoms with Crippen LogP contribution in [0.5, 0.6) is 11.5 Å². The van der Waals surface area contributed by atoms with Crippen LogP contribution in [0.2, 0.25) is 0 Å². The molecule has 2 saturated heterocycles. The number of hydrogen-bond donors (Lipinski definition) is 1. The Bertz CT molecular complexity index is 1010. The monoisotopic (exact) mass is 519 g/mol. The van der Waals surface area contributed by atoms with Crippen molar-refractivity contribution in [1.82, 2.24) is 15.1 Å². The zero-order valence-corrected chi connectivity index (χ0v) is 22.1. The van der Waals surface area contributed by atoms with Gasteiger partial charge < -0.3 is 19.3 Å². The van der Waals surface area contributed by atoms with E-state index in [-0.39, 0.29) is 30.3 Å². The van der Waals surface area contributed by atoms with E-state index in [1.54, 1.807) is 44.2 Å². The maximum atomic E-state index is 13.4. The molecule has 0 radical (unpaired) electrons. The van der Waals surface area contributed by atoms with Gasteiger partial charge in [0.05, 0.1) is 31.5 Å². The van der Waals surface area contributed by atoms with Crippen LogP contribution in [0.1, 0.15) is 35.2 Å². The Morgan fingerprint density at radius 1 is 1.11 bits per heavy atom. The molecule has 0 bridgehead atoms. The van der Waals surface area contributed by atoms with Gasteiger partial charge in [0.15, 0.2) is 0 Å². The van der Waals surface area contributed by atoms with Crippen LogP contribution in [0.3, 0.4) is 0 Å². The van der Waals surface area contributed by atoms with Crippen molar-refractivity contribution in [2.24, 2.45) is 0 Å². The fourth-order valence-corrected chi connectivity index (χ4v) is 5.40. The second kappa shape index (κ2) is 12.0. The number of benzene rings is 2. The molecule has 0 saturated carbocycles. The second-order valence-corrected chi connectivity index (χ2v) is 9.76. The summed E-state index contributed by atoms with van der Waals surface area (Å²) in [5, 5.41) is 3.68. The molecular weight excluding hydrogens is 486 g/mol. The number of amides is 2. The largest absolute Gasteiger partial charge is 0.497 e. The van der Waals surface area contributed by atoms with Crippen LogP contribution in [0.4, 0.5) is 0 Å². The van der Waals surface area contributed by atoms with Gasteiger partial charge in [-0.1, -0.05) is 30.3 Å². The summed E-state index contributed by atoms with van der Waals surface area (Å²) in [5.74, 6) is 2.18. The van der Waals surface area contributed by atoms with Crippen LogP contribution in [0.25, 0.3) is 0 Å². The minimum Gasteiger partial charge on any atom is -0.497 e. The van der Waals surface area contributed by atoms with Crippen molar-refractivity contribution >= 4 is 36.0 Å². The Kier molecular flexibility index (Phi) is 9.33. The van der Waals surface area contributed by atoms with Crippen LogP contribution in [-0.4, -0.2) is 72.6 Å². The van der Waals surface area contributed by atoms with Crippen molar-refractivity contribution in [3.05, 3.63) is 59.7 Å². The Hall–Kier alpha value is -2.42.